The third kappa shape index (κ3) is 4.41. The number of allylic oxidation sites excluding steroid dienone is 2. The van der Waals surface area contributed by atoms with E-state index in [9.17, 15) is 0 Å². The van der Waals surface area contributed by atoms with Crippen LogP contribution in [0.25, 0.3) is 55.3 Å². The van der Waals surface area contributed by atoms with Crippen molar-refractivity contribution in [3.05, 3.63) is 203 Å². The number of fused-ring (bicyclic) bond motifs is 10. The normalized spacial score (nSPS) is 14.0. The summed E-state index contributed by atoms with van der Waals surface area (Å²) in [6.07, 6.45) is 4.26. The van der Waals surface area contributed by atoms with Crippen LogP contribution in [0.4, 0.5) is 0 Å². The lowest BCUT2D eigenvalue weighted by Gasteiger charge is -2.32. The van der Waals surface area contributed by atoms with Gasteiger partial charge in [0.1, 0.15) is 0 Å². The molecule has 0 saturated carbocycles. The highest BCUT2D eigenvalue weighted by molar-refractivity contribution is 6.09. The molecule has 1 nitrogen and oxygen atoms in total. The van der Waals surface area contributed by atoms with Gasteiger partial charge in [0.25, 0.3) is 0 Å². The molecule has 1 heteroatoms. The molecule has 0 atom stereocenters. The van der Waals surface area contributed by atoms with Crippen molar-refractivity contribution in [2.45, 2.75) is 38.0 Å². The second-order valence-electron chi connectivity index (χ2n) is 14.2. The quantitative estimate of drug-likeness (QED) is 0.161. The molecule has 1 heterocycles. The molecule has 0 saturated heterocycles. The molecular weight excluding hydrogens is 615 g/mol. The first-order chi connectivity index (χ1) is 25.3. The molecule has 1 aromatic heterocycles. The zero-order valence-corrected chi connectivity index (χ0v) is 28.9. The first kappa shape index (κ1) is 29.9. The number of aryl methyl sites for hydroxylation is 1. The Kier molecular flexibility index (Phi) is 6.96. The van der Waals surface area contributed by atoms with Gasteiger partial charge in [-0.15, -0.1) is 0 Å². The van der Waals surface area contributed by atoms with Crippen LogP contribution in [0.15, 0.2) is 175 Å². The van der Waals surface area contributed by atoms with Gasteiger partial charge in [0, 0.05) is 16.5 Å². The highest BCUT2D eigenvalue weighted by Crippen LogP contribution is 2.62. The average molecular weight is 654 g/mol. The summed E-state index contributed by atoms with van der Waals surface area (Å²) in [6.45, 7) is 2.37. The zero-order chi connectivity index (χ0) is 33.9. The van der Waals surface area contributed by atoms with Gasteiger partial charge in [-0.3, -0.25) is 0 Å². The summed E-state index contributed by atoms with van der Waals surface area (Å²) in [6, 6.07) is 63.2. The fourth-order valence-corrected chi connectivity index (χ4v) is 9.60. The van der Waals surface area contributed by atoms with Gasteiger partial charge >= 0.3 is 0 Å². The fraction of sp³-hybridized carbons (Fsp3) is 0.120. The molecule has 0 fully saturated rings. The Hall–Kier alpha value is -5.92. The van der Waals surface area contributed by atoms with E-state index >= 15 is 0 Å². The number of para-hydroxylation sites is 1. The Bertz CT molecular complexity index is 2590. The van der Waals surface area contributed by atoms with E-state index in [1.54, 1.807) is 11.1 Å². The van der Waals surface area contributed by atoms with E-state index in [2.05, 4.69) is 181 Å². The SMILES string of the molecule is CCC1=C(CCCc2ccc3c(c2)c2ccccc2n3-c2ccc(-c3ccccc3)cc2)c2ccccc2C12c1ccccc1-c1ccccc12. The Labute approximate surface area is 300 Å². The van der Waals surface area contributed by atoms with Crippen molar-refractivity contribution in [3.63, 3.8) is 0 Å². The maximum absolute atomic E-state index is 2.45. The number of benzene rings is 7. The van der Waals surface area contributed by atoms with Crippen LogP contribution in [0.3, 0.4) is 0 Å². The fourth-order valence-electron chi connectivity index (χ4n) is 9.60. The first-order valence-corrected chi connectivity index (χ1v) is 18.5. The van der Waals surface area contributed by atoms with Crippen LogP contribution in [0, 0.1) is 0 Å². The van der Waals surface area contributed by atoms with Gasteiger partial charge in [0.05, 0.1) is 16.4 Å². The molecule has 2 aliphatic rings. The standard InChI is InChI=1S/C50H39N/c1-2-44-38(39-18-6-10-23-45(39)50(44)46-24-11-7-19-40(46)41-20-8-12-25-47(41)50)22-14-15-34-27-32-49-43(33-34)42-21-9-13-26-48(42)51(49)37-30-28-36(29-31-37)35-16-4-3-5-17-35/h3-13,16-21,23-33H,2,14-15,22H2,1H3. The van der Waals surface area contributed by atoms with Crippen molar-refractivity contribution in [1.29, 1.82) is 0 Å². The lowest BCUT2D eigenvalue weighted by molar-refractivity contribution is 0.728. The Balaban J connectivity index is 1.00. The number of nitrogens with zero attached hydrogens (tertiary/aromatic N) is 1. The van der Waals surface area contributed by atoms with E-state index < -0.39 is 0 Å². The van der Waals surface area contributed by atoms with Gasteiger partial charge in [-0.1, -0.05) is 146 Å². The second kappa shape index (κ2) is 11.9. The maximum atomic E-state index is 2.45. The van der Waals surface area contributed by atoms with E-state index in [0.29, 0.717) is 0 Å². The number of aromatic nitrogens is 1. The van der Waals surface area contributed by atoms with Gasteiger partial charge < -0.3 is 4.57 Å². The minimum absolute atomic E-state index is 0.200. The van der Waals surface area contributed by atoms with Crippen LogP contribution in [0.5, 0.6) is 0 Å². The zero-order valence-electron chi connectivity index (χ0n) is 28.9. The van der Waals surface area contributed by atoms with Crippen LogP contribution < -0.4 is 0 Å². The molecular formula is C50H39N. The summed E-state index contributed by atoms with van der Waals surface area (Å²) >= 11 is 0. The highest BCUT2D eigenvalue weighted by Gasteiger charge is 2.51. The maximum Gasteiger partial charge on any atom is 0.0685 e. The Morgan fingerprint density at radius 2 is 1.04 bits per heavy atom. The number of hydrogen-bond donors (Lipinski definition) is 0. The van der Waals surface area contributed by atoms with E-state index in [4.69, 9.17) is 0 Å². The van der Waals surface area contributed by atoms with Gasteiger partial charge in [-0.05, 0) is 117 Å². The number of rotatable bonds is 7. The van der Waals surface area contributed by atoms with Crippen molar-refractivity contribution in [3.8, 4) is 27.9 Å². The molecule has 51 heavy (non-hydrogen) atoms. The van der Waals surface area contributed by atoms with E-state index in [0.717, 1.165) is 25.7 Å². The molecule has 0 unspecified atom stereocenters. The largest absolute Gasteiger partial charge is 0.309 e. The van der Waals surface area contributed by atoms with Crippen molar-refractivity contribution in [1.82, 2.24) is 4.57 Å². The van der Waals surface area contributed by atoms with Crippen LogP contribution in [-0.4, -0.2) is 4.57 Å². The molecule has 7 aromatic carbocycles. The predicted octanol–water partition coefficient (Wildman–Crippen LogP) is 13.0. The van der Waals surface area contributed by atoms with Crippen molar-refractivity contribution < 1.29 is 0 Å². The van der Waals surface area contributed by atoms with Crippen molar-refractivity contribution >= 4 is 27.4 Å². The third-order valence-electron chi connectivity index (χ3n) is 11.6. The monoisotopic (exact) mass is 653 g/mol. The molecule has 1 spiro atoms. The smallest absolute Gasteiger partial charge is 0.0685 e. The topological polar surface area (TPSA) is 4.93 Å². The summed E-state index contributed by atoms with van der Waals surface area (Å²) in [5.74, 6) is 0. The van der Waals surface area contributed by atoms with Crippen molar-refractivity contribution in [2.24, 2.45) is 0 Å². The second-order valence-corrected chi connectivity index (χ2v) is 14.2. The van der Waals surface area contributed by atoms with Crippen LogP contribution in [0.2, 0.25) is 0 Å². The predicted molar refractivity (Wildman–Crippen MR) is 215 cm³/mol. The minimum atomic E-state index is -0.200. The molecule has 244 valence electrons. The summed E-state index contributed by atoms with van der Waals surface area (Å²) < 4.78 is 2.42. The molecule has 8 aromatic rings. The van der Waals surface area contributed by atoms with Crippen LogP contribution >= 0.6 is 0 Å². The van der Waals surface area contributed by atoms with Gasteiger partial charge in [-0.25, -0.2) is 0 Å². The van der Waals surface area contributed by atoms with E-state index in [1.165, 1.54) is 77.6 Å². The molecule has 0 amide bonds. The van der Waals surface area contributed by atoms with Crippen LogP contribution in [0.1, 0.15) is 54.0 Å². The third-order valence-corrected chi connectivity index (χ3v) is 11.6. The Morgan fingerprint density at radius 3 is 1.75 bits per heavy atom. The summed E-state index contributed by atoms with van der Waals surface area (Å²) in [5.41, 5.74) is 19.1. The highest BCUT2D eigenvalue weighted by atomic mass is 15.0. The average Bonchev–Trinajstić information content (AvgIpc) is 3.79. The summed E-state index contributed by atoms with van der Waals surface area (Å²) in [4.78, 5) is 0. The summed E-state index contributed by atoms with van der Waals surface area (Å²) in [5, 5.41) is 2.63. The molecule has 0 N–H and O–H groups in total. The first-order valence-electron chi connectivity index (χ1n) is 18.5. The van der Waals surface area contributed by atoms with Gasteiger partial charge in [0.15, 0.2) is 0 Å². The Morgan fingerprint density at radius 1 is 0.471 bits per heavy atom. The molecule has 10 rings (SSSR count). The minimum Gasteiger partial charge on any atom is -0.309 e. The lowest BCUT2D eigenvalue weighted by atomic mass is 9.69. The molecule has 2 aliphatic carbocycles. The molecule has 0 aliphatic heterocycles. The number of hydrogen-bond acceptors (Lipinski definition) is 0. The van der Waals surface area contributed by atoms with E-state index in [1.807, 2.05) is 0 Å². The molecule has 0 radical (unpaired) electrons. The van der Waals surface area contributed by atoms with Gasteiger partial charge in [-0.2, -0.15) is 0 Å². The summed E-state index contributed by atoms with van der Waals surface area (Å²) in [7, 11) is 0. The van der Waals surface area contributed by atoms with Crippen molar-refractivity contribution in [2.75, 3.05) is 0 Å². The molecule has 0 bridgehead atoms. The van der Waals surface area contributed by atoms with Crippen LogP contribution in [-0.2, 0) is 11.8 Å². The lowest BCUT2D eigenvalue weighted by Crippen LogP contribution is -2.27. The van der Waals surface area contributed by atoms with E-state index in [-0.39, 0.29) is 5.41 Å². The van der Waals surface area contributed by atoms with Gasteiger partial charge in [0.2, 0.25) is 0 Å².